The van der Waals surface area contributed by atoms with Gasteiger partial charge < -0.3 is 51.8 Å². The first kappa shape index (κ1) is 47.3. The van der Waals surface area contributed by atoms with E-state index in [1.807, 2.05) is 6.07 Å². The van der Waals surface area contributed by atoms with E-state index < -0.39 is 8.32 Å². The zero-order valence-corrected chi connectivity index (χ0v) is 34.7. The van der Waals surface area contributed by atoms with E-state index in [0.29, 0.717) is 131 Å². The monoisotopic (exact) mass is 800 g/mol. The Balaban J connectivity index is 1.01. The Morgan fingerprint density at radius 3 is 0.964 bits per heavy atom. The van der Waals surface area contributed by atoms with Crippen molar-refractivity contribution >= 4 is 24.7 Å². The van der Waals surface area contributed by atoms with Gasteiger partial charge in [0.25, 0.3) is 8.32 Å². The van der Waals surface area contributed by atoms with Crippen LogP contribution in [-0.4, -0.2) is 146 Å². The highest BCUT2D eigenvalue weighted by Crippen LogP contribution is 2.36. The lowest BCUT2D eigenvalue weighted by atomic mass is 10.2. The van der Waals surface area contributed by atoms with E-state index in [0.717, 1.165) is 0 Å². The van der Waals surface area contributed by atoms with Crippen molar-refractivity contribution in [3.8, 4) is 0 Å². The summed E-state index contributed by atoms with van der Waals surface area (Å²) in [6.45, 7) is 16.1. The van der Waals surface area contributed by atoms with Gasteiger partial charge in [0.05, 0.1) is 131 Å². The first-order valence-electron chi connectivity index (χ1n) is 19.6. The summed E-state index contributed by atoms with van der Waals surface area (Å²) in [7, 11) is -2.54. The van der Waals surface area contributed by atoms with Crippen LogP contribution < -0.4 is 10.4 Å². The van der Waals surface area contributed by atoms with Crippen LogP contribution in [0.15, 0.2) is 91.0 Å². The summed E-state index contributed by atoms with van der Waals surface area (Å²) in [6.07, 6.45) is 0. The molecule has 0 radical (unpaired) electrons. The molecule has 0 saturated carbocycles. The van der Waals surface area contributed by atoms with Crippen molar-refractivity contribution in [1.82, 2.24) is 0 Å². The standard InChI is InChI=1S/C43H64O12Si/c1-43(2,3)56(40-15-9-5-10-16-40,41-17-11-6-12-18-41)55-38-36-53-34-32-51-30-28-49-26-24-47-22-20-45-19-21-46-23-25-48-27-29-50-31-33-52-35-37-54-42(44)39-13-7-4-8-14-39/h4-18H,19-38H2,1-3H3. The Bertz CT molecular complexity index is 1320. The SMILES string of the molecule is CC(C)(C)[Si](OCCOCCOCCOCCOCCOCCOCCOCCOCCOCCOC(=O)c1ccccc1)(c1ccccc1)c1ccccc1. The van der Waals surface area contributed by atoms with E-state index in [2.05, 4.69) is 81.4 Å². The number of hydrogen-bond donors (Lipinski definition) is 0. The van der Waals surface area contributed by atoms with Gasteiger partial charge in [0.15, 0.2) is 0 Å². The van der Waals surface area contributed by atoms with Crippen molar-refractivity contribution in [3.05, 3.63) is 96.6 Å². The van der Waals surface area contributed by atoms with Gasteiger partial charge in [-0.15, -0.1) is 0 Å². The van der Waals surface area contributed by atoms with Gasteiger partial charge in [-0.25, -0.2) is 4.79 Å². The highest BCUT2D eigenvalue weighted by Gasteiger charge is 2.50. The summed E-state index contributed by atoms with van der Waals surface area (Å²) in [5, 5.41) is 2.47. The van der Waals surface area contributed by atoms with Crippen molar-refractivity contribution in [3.63, 3.8) is 0 Å². The molecule has 0 aliphatic heterocycles. The van der Waals surface area contributed by atoms with Crippen LogP contribution in [0, 0.1) is 0 Å². The topological polar surface area (TPSA) is 119 Å². The molecular formula is C43H64O12Si. The number of esters is 1. The van der Waals surface area contributed by atoms with E-state index in [-0.39, 0.29) is 17.6 Å². The Morgan fingerprint density at radius 1 is 0.393 bits per heavy atom. The molecule has 0 heterocycles. The second-order valence-electron chi connectivity index (χ2n) is 13.5. The maximum atomic E-state index is 11.8. The van der Waals surface area contributed by atoms with Crippen LogP contribution in [0.3, 0.4) is 0 Å². The molecule has 0 unspecified atom stereocenters. The smallest absolute Gasteiger partial charge is 0.338 e. The van der Waals surface area contributed by atoms with Crippen molar-refractivity contribution in [1.29, 1.82) is 0 Å². The minimum atomic E-state index is -2.54. The summed E-state index contributed by atoms with van der Waals surface area (Å²) in [5.74, 6) is -0.357. The molecule has 0 N–H and O–H groups in total. The predicted molar refractivity (Wildman–Crippen MR) is 218 cm³/mol. The van der Waals surface area contributed by atoms with Gasteiger partial charge in [-0.1, -0.05) is 99.6 Å². The van der Waals surface area contributed by atoms with Gasteiger partial charge >= 0.3 is 5.97 Å². The van der Waals surface area contributed by atoms with Crippen LogP contribution in [0.25, 0.3) is 0 Å². The average Bonchev–Trinajstić information content (AvgIpc) is 3.21. The second-order valence-corrected chi connectivity index (χ2v) is 17.8. The molecule has 0 spiro atoms. The molecule has 312 valence electrons. The third-order valence-electron chi connectivity index (χ3n) is 8.41. The normalized spacial score (nSPS) is 11.9. The predicted octanol–water partition coefficient (Wildman–Crippen LogP) is 4.57. The van der Waals surface area contributed by atoms with E-state index in [9.17, 15) is 4.79 Å². The minimum Gasteiger partial charge on any atom is -0.460 e. The molecule has 0 saturated heterocycles. The molecular weight excluding hydrogens is 737 g/mol. The molecule has 0 aromatic heterocycles. The molecule has 0 aliphatic rings. The van der Waals surface area contributed by atoms with E-state index in [4.69, 9.17) is 51.8 Å². The van der Waals surface area contributed by atoms with Crippen molar-refractivity contribution in [2.24, 2.45) is 0 Å². The molecule has 3 rings (SSSR count). The summed E-state index contributed by atoms with van der Waals surface area (Å²) < 4.78 is 62.0. The van der Waals surface area contributed by atoms with E-state index in [1.165, 1.54) is 10.4 Å². The van der Waals surface area contributed by atoms with Gasteiger partial charge in [0.1, 0.15) is 6.61 Å². The first-order valence-corrected chi connectivity index (χ1v) is 21.5. The lowest BCUT2D eigenvalue weighted by Gasteiger charge is -2.43. The lowest BCUT2D eigenvalue weighted by molar-refractivity contribution is -0.0262. The van der Waals surface area contributed by atoms with E-state index >= 15 is 0 Å². The molecule has 0 fully saturated rings. The fraction of sp³-hybridized carbons (Fsp3) is 0.558. The highest BCUT2D eigenvalue weighted by molar-refractivity contribution is 6.99. The largest absolute Gasteiger partial charge is 0.460 e. The first-order chi connectivity index (χ1) is 27.4. The van der Waals surface area contributed by atoms with Crippen LogP contribution >= 0.6 is 0 Å². The number of carbonyl (C=O) groups excluding carboxylic acids is 1. The zero-order chi connectivity index (χ0) is 39.8. The highest BCUT2D eigenvalue weighted by atomic mass is 28.4. The van der Waals surface area contributed by atoms with Crippen LogP contribution in [0.5, 0.6) is 0 Å². The van der Waals surface area contributed by atoms with Crippen LogP contribution in [0.2, 0.25) is 5.04 Å². The molecule has 56 heavy (non-hydrogen) atoms. The molecule has 0 atom stereocenters. The fourth-order valence-electron chi connectivity index (χ4n) is 5.73. The third kappa shape index (κ3) is 19.4. The minimum absolute atomic E-state index is 0.0610. The molecule has 0 aliphatic carbocycles. The van der Waals surface area contributed by atoms with Gasteiger partial charge in [0, 0.05) is 0 Å². The van der Waals surface area contributed by atoms with Gasteiger partial charge in [-0.3, -0.25) is 0 Å². The summed E-state index contributed by atoms with van der Waals surface area (Å²) in [5.41, 5.74) is 0.525. The van der Waals surface area contributed by atoms with E-state index in [1.54, 1.807) is 24.3 Å². The lowest BCUT2D eigenvalue weighted by Crippen LogP contribution is -2.66. The van der Waals surface area contributed by atoms with Crippen molar-refractivity contribution < 1.29 is 56.6 Å². The van der Waals surface area contributed by atoms with Crippen LogP contribution in [0.4, 0.5) is 0 Å². The number of hydrogen-bond acceptors (Lipinski definition) is 12. The Morgan fingerprint density at radius 2 is 0.661 bits per heavy atom. The second kappa shape index (κ2) is 30.1. The summed E-state index contributed by atoms with van der Waals surface area (Å²) in [4.78, 5) is 11.8. The number of carbonyl (C=O) groups is 1. The average molecular weight is 801 g/mol. The Hall–Kier alpha value is -3.05. The maximum Gasteiger partial charge on any atom is 0.338 e. The molecule has 0 bridgehead atoms. The van der Waals surface area contributed by atoms with Crippen LogP contribution in [-0.2, 0) is 51.8 Å². The molecule has 13 heteroatoms. The third-order valence-corrected chi connectivity index (χ3v) is 13.5. The summed E-state index contributed by atoms with van der Waals surface area (Å²) in [6, 6.07) is 30.1. The fourth-order valence-corrected chi connectivity index (χ4v) is 10.3. The van der Waals surface area contributed by atoms with Gasteiger partial charge in [-0.2, -0.15) is 0 Å². The Labute approximate surface area is 335 Å². The van der Waals surface area contributed by atoms with Gasteiger partial charge in [0.2, 0.25) is 0 Å². The number of benzene rings is 3. The maximum absolute atomic E-state index is 11.8. The van der Waals surface area contributed by atoms with Crippen LogP contribution in [0.1, 0.15) is 31.1 Å². The van der Waals surface area contributed by atoms with Gasteiger partial charge in [-0.05, 0) is 27.5 Å². The summed E-state index contributed by atoms with van der Waals surface area (Å²) >= 11 is 0. The molecule has 3 aromatic carbocycles. The zero-order valence-electron chi connectivity index (χ0n) is 33.7. The molecule has 0 amide bonds. The quantitative estimate of drug-likeness (QED) is 0.0479. The number of ether oxygens (including phenoxy) is 10. The Kier molecular flexibility index (Phi) is 25.4. The molecule has 12 nitrogen and oxygen atoms in total. The molecule has 3 aromatic rings. The number of rotatable bonds is 34. The van der Waals surface area contributed by atoms with Crippen molar-refractivity contribution in [2.75, 3.05) is 132 Å². The van der Waals surface area contributed by atoms with Crippen molar-refractivity contribution in [2.45, 2.75) is 25.8 Å².